The number of carbonyl (C=O) groups excluding carboxylic acids is 3. The standard InChI is InChI=1S/C24H24N2O4/c1-12-3-6-17(9-13(12)2)26-22(27)14-4-7-16(8-5-14)25-23(28)20-15-10-18-19(11-15)30-24(29)21(18)20/h3-9,15,18-21H,10-11H2,1-2H3,(H,25,28)(H,26,27)/t15-,18+,19+,20-,21-/m1/s1. The van der Waals surface area contributed by atoms with Crippen LogP contribution in [0.25, 0.3) is 0 Å². The van der Waals surface area contributed by atoms with Crippen molar-refractivity contribution >= 4 is 29.2 Å². The molecule has 3 aliphatic rings. The first kappa shape index (κ1) is 18.9. The van der Waals surface area contributed by atoms with E-state index in [-0.39, 0.29) is 47.6 Å². The van der Waals surface area contributed by atoms with Crippen molar-refractivity contribution in [3.63, 3.8) is 0 Å². The molecule has 0 unspecified atom stereocenters. The van der Waals surface area contributed by atoms with Crippen LogP contribution in [-0.2, 0) is 14.3 Å². The number of benzene rings is 2. The lowest BCUT2D eigenvalue weighted by Gasteiger charge is -2.23. The topological polar surface area (TPSA) is 84.5 Å². The van der Waals surface area contributed by atoms with Crippen molar-refractivity contribution in [2.24, 2.45) is 23.7 Å². The summed E-state index contributed by atoms with van der Waals surface area (Å²) in [6, 6.07) is 12.6. The Hall–Kier alpha value is -3.15. The van der Waals surface area contributed by atoms with E-state index in [0.29, 0.717) is 11.3 Å². The Bertz CT molecular complexity index is 1040. The van der Waals surface area contributed by atoms with Gasteiger partial charge in [0, 0.05) is 22.9 Å². The number of nitrogens with one attached hydrogen (secondary N) is 2. The molecule has 1 saturated heterocycles. The second-order valence-electron chi connectivity index (χ2n) is 8.74. The number of hydrogen-bond acceptors (Lipinski definition) is 4. The second kappa shape index (κ2) is 6.97. The average molecular weight is 404 g/mol. The van der Waals surface area contributed by atoms with E-state index in [0.717, 1.165) is 24.1 Å². The second-order valence-corrected chi connectivity index (χ2v) is 8.74. The van der Waals surface area contributed by atoms with E-state index >= 15 is 0 Å². The molecule has 2 aliphatic carbocycles. The molecule has 5 rings (SSSR count). The maximum atomic E-state index is 12.9. The smallest absolute Gasteiger partial charge is 0.310 e. The Morgan fingerprint density at radius 1 is 0.933 bits per heavy atom. The molecule has 2 saturated carbocycles. The highest BCUT2D eigenvalue weighted by Crippen LogP contribution is 2.57. The third-order valence-electron chi connectivity index (χ3n) is 6.97. The molecule has 2 bridgehead atoms. The number of carbonyl (C=O) groups is 3. The van der Waals surface area contributed by atoms with Gasteiger partial charge in [-0.25, -0.2) is 0 Å². The fourth-order valence-electron chi connectivity index (χ4n) is 5.32. The van der Waals surface area contributed by atoms with Crippen LogP contribution in [0.4, 0.5) is 11.4 Å². The van der Waals surface area contributed by atoms with E-state index in [1.54, 1.807) is 24.3 Å². The molecule has 1 aliphatic heterocycles. The molecule has 154 valence electrons. The quantitative estimate of drug-likeness (QED) is 0.761. The molecule has 0 spiro atoms. The van der Waals surface area contributed by atoms with Gasteiger partial charge in [-0.05, 0) is 80.1 Å². The first-order valence-electron chi connectivity index (χ1n) is 10.4. The molecule has 2 N–H and O–H groups in total. The van der Waals surface area contributed by atoms with Crippen LogP contribution in [0.1, 0.15) is 34.3 Å². The van der Waals surface area contributed by atoms with Crippen molar-refractivity contribution in [3.8, 4) is 0 Å². The van der Waals surface area contributed by atoms with Crippen LogP contribution >= 0.6 is 0 Å². The number of hydrogen-bond donors (Lipinski definition) is 2. The molecular weight excluding hydrogens is 380 g/mol. The third-order valence-corrected chi connectivity index (χ3v) is 6.97. The van der Waals surface area contributed by atoms with E-state index in [9.17, 15) is 14.4 Å². The Kier molecular flexibility index (Phi) is 4.38. The van der Waals surface area contributed by atoms with Crippen LogP contribution in [-0.4, -0.2) is 23.9 Å². The Morgan fingerprint density at radius 3 is 2.40 bits per heavy atom. The van der Waals surface area contributed by atoms with E-state index in [1.807, 2.05) is 32.0 Å². The van der Waals surface area contributed by atoms with Crippen LogP contribution in [0.2, 0.25) is 0 Å². The minimum Gasteiger partial charge on any atom is -0.462 e. The van der Waals surface area contributed by atoms with E-state index in [2.05, 4.69) is 10.6 Å². The summed E-state index contributed by atoms with van der Waals surface area (Å²) in [5.41, 5.74) is 4.16. The maximum Gasteiger partial charge on any atom is 0.310 e. The number of anilines is 2. The highest BCUT2D eigenvalue weighted by atomic mass is 16.6. The molecule has 2 amide bonds. The van der Waals surface area contributed by atoms with Crippen LogP contribution in [0.5, 0.6) is 0 Å². The van der Waals surface area contributed by atoms with Crippen LogP contribution in [0, 0.1) is 37.5 Å². The van der Waals surface area contributed by atoms with Gasteiger partial charge < -0.3 is 15.4 Å². The fraction of sp³-hybridized carbons (Fsp3) is 0.375. The summed E-state index contributed by atoms with van der Waals surface area (Å²) in [4.78, 5) is 37.5. The van der Waals surface area contributed by atoms with Gasteiger partial charge >= 0.3 is 5.97 Å². The number of fused-ring (bicyclic) bond motifs is 1. The van der Waals surface area contributed by atoms with Gasteiger partial charge in [0.15, 0.2) is 0 Å². The SMILES string of the molecule is Cc1ccc(NC(=O)c2ccc(NC(=O)[C@@H]3[C@@H]4C[C@@H]5[C@H]3C(=O)O[C@H]5C4)cc2)cc1C. The van der Waals surface area contributed by atoms with Crippen LogP contribution in [0.3, 0.4) is 0 Å². The molecule has 5 atom stereocenters. The fourth-order valence-corrected chi connectivity index (χ4v) is 5.32. The molecule has 6 heteroatoms. The average Bonchev–Trinajstić information content (AvgIpc) is 3.34. The maximum absolute atomic E-state index is 12.9. The van der Waals surface area contributed by atoms with E-state index in [1.165, 1.54) is 5.56 Å². The van der Waals surface area contributed by atoms with Crippen molar-refractivity contribution in [2.45, 2.75) is 32.8 Å². The molecule has 2 aromatic rings. The van der Waals surface area contributed by atoms with Gasteiger partial charge in [-0.3, -0.25) is 14.4 Å². The largest absolute Gasteiger partial charge is 0.462 e. The molecule has 30 heavy (non-hydrogen) atoms. The lowest BCUT2D eigenvalue weighted by atomic mass is 9.79. The van der Waals surface area contributed by atoms with Gasteiger partial charge in [0.05, 0.1) is 11.8 Å². The molecule has 2 aromatic carbocycles. The van der Waals surface area contributed by atoms with Gasteiger partial charge in [-0.2, -0.15) is 0 Å². The Morgan fingerprint density at radius 2 is 1.67 bits per heavy atom. The third kappa shape index (κ3) is 3.07. The number of esters is 1. The zero-order valence-electron chi connectivity index (χ0n) is 17.0. The molecule has 1 heterocycles. The Balaban J connectivity index is 1.24. The predicted molar refractivity (Wildman–Crippen MR) is 112 cm³/mol. The highest BCUT2D eigenvalue weighted by Gasteiger charge is 2.63. The molecule has 0 radical (unpaired) electrons. The number of amides is 2. The monoisotopic (exact) mass is 404 g/mol. The van der Waals surface area contributed by atoms with Gasteiger partial charge in [-0.15, -0.1) is 0 Å². The van der Waals surface area contributed by atoms with Gasteiger partial charge in [0.1, 0.15) is 6.10 Å². The first-order valence-corrected chi connectivity index (χ1v) is 10.4. The minimum absolute atomic E-state index is 0.0201. The van der Waals surface area contributed by atoms with Gasteiger partial charge in [0.2, 0.25) is 5.91 Å². The van der Waals surface area contributed by atoms with E-state index in [4.69, 9.17) is 4.74 Å². The zero-order valence-corrected chi connectivity index (χ0v) is 17.0. The first-order chi connectivity index (χ1) is 14.4. The highest BCUT2D eigenvalue weighted by molar-refractivity contribution is 6.05. The Labute approximate surface area is 175 Å². The summed E-state index contributed by atoms with van der Waals surface area (Å²) >= 11 is 0. The lowest BCUT2D eigenvalue weighted by Crippen LogP contribution is -2.35. The summed E-state index contributed by atoms with van der Waals surface area (Å²) in [5, 5.41) is 5.82. The number of aryl methyl sites for hydroxylation is 2. The van der Waals surface area contributed by atoms with Crippen molar-refractivity contribution in [1.82, 2.24) is 0 Å². The van der Waals surface area contributed by atoms with Crippen LogP contribution < -0.4 is 10.6 Å². The molecular formula is C24H24N2O4. The number of rotatable bonds is 4. The van der Waals surface area contributed by atoms with Crippen molar-refractivity contribution in [2.75, 3.05) is 10.6 Å². The molecule has 0 aromatic heterocycles. The normalized spacial score (nSPS) is 28.3. The van der Waals surface area contributed by atoms with Crippen LogP contribution in [0.15, 0.2) is 42.5 Å². The summed E-state index contributed by atoms with van der Waals surface area (Å²) in [6.07, 6.45) is 1.71. The predicted octanol–water partition coefficient (Wildman–Crippen LogP) is 3.69. The van der Waals surface area contributed by atoms with Gasteiger partial charge in [0.25, 0.3) is 5.91 Å². The molecule has 3 fully saturated rings. The summed E-state index contributed by atoms with van der Waals surface area (Å²) in [5.74, 6) is -0.732. The lowest BCUT2D eigenvalue weighted by molar-refractivity contribution is -0.145. The summed E-state index contributed by atoms with van der Waals surface area (Å²) in [6.45, 7) is 4.03. The summed E-state index contributed by atoms with van der Waals surface area (Å²) < 4.78 is 5.41. The zero-order chi connectivity index (χ0) is 21.0. The van der Waals surface area contributed by atoms with E-state index < -0.39 is 0 Å². The molecule has 6 nitrogen and oxygen atoms in total. The van der Waals surface area contributed by atoms with Crippen molar-refractivity contribution in [3.05, 3.63) is 59.2 Å². The van der Waals surface area contributed by atoms with Crippen molar-refractivity contribution < 1.29 is 19.1 Å². The number of ether oxygens (including phenoxy) is 1. The minimum atomic E-state index is -0.311. The van der Waals surface area contributed by atoms with Crippen molar-refractivity contribution in [1.29, 1.82) is 0 Å². The van der Waals surface area contributed by atoms with Gasteiger partial charge in [-0.1, -0.05) is 6.07 Å². The summed E-state index contributed by atoms with van der Waals surface area (Å²) in [7, 11) is 0.